The smallest absolute Gasteiger partial charge is 0.134 e. The van der Waals surface area contributed by atoms with Gasteiger partial charge >= 0.3 is 0 Å². The lowest BCUT2D eigenvalue weighted by Crippen LogP contribution is -2.09. The van der Waals surface area contributed by atoms with E-state index in [0.717, 1.165) is 36.6 Å². The molecule has 1 unspecified atom stereocenters. The van der Waals surface area contributed by atoms with Gasteiger partial charge in [-0.05, 0) is 25.7 Å². The van der Waals surface area contributed by atoms with E-state index in [4.69, 9.17) is 5.11 Å². The average Bonchev–Trinajstić information content (AvgIpc) is 2.36. The molecule has 1 aromatic heterocycles. The monoisotopic (exact) mass is 238 g/mol. The van der Waals surface area contributed by atoms with Crippen LogP contribution in [0.4, 0.5) is 11.6 Å². The molecule has 0 fully saturated rings. The minimum Gasteiger partial charge on any atom is -0.396 e. The van der Waals surface area contributed by atoms with Gasteiger partial charge in [-0.25, -0.2) is 9.97 Å². The van der Waals surface area contributed by atoms with E-state index in [1.54, 1.807) is 6.33 Å². The number of aliphatic hydroxyl groups excluding tert-OH is 1. The SMILES string of the molecule is CNc1ncnc(NCCCC(C)CO)c1C. The van der Waals surface area contributed by atoms with E-state index >= 15 is 0 Å². The number of aliphatic hydroxyl groups is 1. The maximum absolute atomic E-state index is 8.91. The normalized spacial score (nSPS) is 12.2. The van der Waals surface area contributed by atoms with Crippen LogP contribution >= 0.6 is 0 Å². The number of nitrogens with zero attached hydrogens (tertiary/aromatic N) is 2. The third-order valence-corrected chi connectivity index (χ3v) is 2.80. The molecule has 0 aliphatic heterocycles. The summed E-state index contributed by atoms with van der Waals surface area (Å²) in [6.45, 7) is 5.17. The van der Waals surface area contributed by atoms with Gasteiger partial charge < -0.3 is 15.7 Å². The first-order valence-electron chi connectivity index (χ1n) is 6.03. The fourth-order valence-corrected chi connectivity index (χ4v) is 1.63. The zero-order valence-corrected chi connectivity index (χ0v) is 10.8. The highest BCUT2D eigenvalue weighted by Crippen LogP contribution is 2.17. The van der Waals surface area contributed by atoms with Crippen LogP contribution in [0.3, 0.4) is 0 Å². The highest BCUT2D eigenvalue weighted by Gasteiger charge is 2.05. The number of rotatable bonds is 7. The molecule has 5 nitrogen and oxygen atoms in total. The van der Waals surface area contributed by atoms with Crippen LogP contribution in [0.1, 0.15) is 25.3 Å². The van der Waals surface area contributed by atoms with Crippen LogP contribution in [0.2, 0.25) is 0 Å². The Labute approximate surface area is 103 Å². The Hall–Kier alpha value is -1.36. The Balaban J connectivity index is 2.41. The fourth-order valence-electron chi connectivity index (χ4n) is 1.63. The minimum atomic E-state index is 0.260. The van der Waals surface area contributed by atoms with Gasteiger partial charge in [0.15, 0.2) is 0 Å². The maximum Gasteiger partial charge on any atom is 0.134 e. The maximum atomic E-state index is 8.91. The van der Waals surface area contributed by atoms with Gasteiger partial charge in [0, 0.05) is 25.8 Å². The molecule has 0 amide bonds. The summed E-state index contributed by atoms with van der Waals surface area (Å²) in [5.74, 6) is 2.10. The van der Waals surface area contributed by atoms with E-state index in [9.17, 15) is 0 Å². The van der Waals surface area contributed by atoms with Crippen LogP contribution in [0, 0.1) is 12.8 Å². The van der Waals surface area contributed by atoms with E-state index in [1.165, 1.54) is 0 Å². The topological polar surface area (TPSA) is 70.1 Å². The number of hydrogen-bond acceptors (Lipinski definition) is 5. The molecular weight excluding hydrogens is 216 g/mol. The molecule has 0 radical (unpaired) electrons. The van der Waals surface area contributed by atoms with Crippen LogP contribution in [-0.4, -0.2) is 35.3 Å². The van der Waals surface area contributed by atoms with Crippen molar-refractivity contribution in [3.63, 3.8) is 0 Å². The van der Waals surface area contributed by atoms with E-state index in [0.29, 0.717) is 5.92 Å². The second kappa shape index (κ2) is 7.06. The van der Waals surface area contributed by atoms with Gasteiger partial charge in [-0.2, -0.15) is 0 Å². The molecule has 1 heterocycles. The van der Waals surface area contributed by atoms with Crippen molar-refractivity contribution in [2.24, 2.45) is 5.92 Å². The van der Waals surface area contributed by atoms with Crippen molar-refractivity contribution in [3.8, 4) is 0 Å². The van der Waals surface area contributed by atoms with E-state index in [1.807, 2.05) is 14.0 Å². The molecule has 96 valence electrons. The van der Waals surface area contributed by atoms with Crippen molar-refractivity contribution >= 4 is 11.6 Å². The zero-order chi connectivity index (χ0) is 12.7. The average molecular weight is 238 g/mol. The molecule has 1 rings (SSSR count). The van der Waals surface area contributed by atoms with Crippen LogP contribution in [-0.2, 0) is 0 Å². The lowest BCUT2D eigenvalue weighted by molar-refractivity contribution is 0.229. The summed E-state index contributed by atoms with van der Waals surface area (Å²) in [5.41, 5.74) is 1.03. The van der Waals surface area contributed by atoms with Gasteiger partial charge in [0.05, 0.1) is 0 Å². The highest BCUT2D eigenvalue weighted by molar-refractivity contribution is 5.55. The molecule has 17 heavy (non-hydrogen) atoms. The van der Waals surface area contributed by atoms with E-state index in [2.05, 4.69) is 27.5 Å². The van der Waals surface area contributed by atoms with Gasteiger partial charge in [-0.1, -0.05) is 6.92 Å². The predicted molar refractivity (Wildman–Crippen MR) is 70.3 cm³/mol. The highest BCUT2D eigenvalue weighted by atomic mass is 16.3. The van der Waals surface area contributed by atoms with Crippen LogP contribution < -0.4 is 10.6 Å². The van der Waals surface area contributed by atoms with Gasteiger partial charge in [0.1, 0.15) is 18.0 Å². The van der Waals surface area contributed by atoms with Gasteiger partial charge in [0.25, 0.3) is 0 Å². The fraction of sp³-hybridized carbons (Fsp3) is 0.667. The second-order valence-electron chi connectivity index (χ2n) is 4.30. The molecule has 0 bridgehead atoms. The first kappa shape index (κ1) is 13.7. The summed E-state index contributed by atoms with van der Waals surface area (Å²) in [6, 6.07) is 0. The third-order valence-electron chi connectivity index (χ3n) is 2.80. The summed E-state index contributed by atoms with van der Waals surface area (Å²) >= 11 is 0. The van der Waals surface area contributed by atoms with Crippen LogP contribution in [0.25, 0.3) is 0 Å². The lowest BCUT2D eigenvalue weighted by atomic mass is 10.1. The third kappa shape index (κ3) is 4.19. The Kier molecular flexibility index (Phi) is 5.69. The molecular formula is C12H22N4O. The van der Waals surface area contributed by atoms with E-state index in [-0.39, 0.29) is 6.61 Å². The first-order chi connectivity index (χ1) is 8.19. The van der Waals surface area contributed by atoms with Crippen molar-refractivity contribution in [1.82, 2.24) is 9.97 Å². The molecule has 5 heteroatoms. The summed E-state index contributed by atoms with van der Waals surface area (Å²) in [4.78, 5) is 8.34. The summed E-state index contributed by atoms with van der Waals surface area (Å²) in [6.07, 6.45) is 3.60. The molecule has 1 aromatic rings. The number of hydrogen-bond donors (Lipinski definition) is 3. The van der Waals surface area contributed by atoms with E-state index < -0.39 is 0 Å². The summed E-state index contributed by atoms with van der Waals surface area (Å²) in [5, 5.41) is 15.2. The van der Waals surface area contributed by atoms with Gasteiger partial charge in [-0.15, -0.1) is 0 Å². The molecule has 0 spiro atoms. The molecule has 0 aliphatic rings. The standard InChI is InChI=1S/C12H22N4O/c1-9(7-17)5-4-6-14-12-10(2)11(13-3)15-8-16-12/h8-9,17H,4-7H2,1-3H3,(H2,13,14,15,16). The predicted octanol–water partition coefficient (Wildman–Crippen LogP) is 1.65. The van der Waals surface area contributed by atoms with Crippen molar-refractivity contribution < 1.29 is 5.11 Å². The number of nitrogens with one attached hydrogen (secondary N) is 2. The number of anilines is 2. The Morgan fingerprint density at radius 3 is 2.71 bits per heavy atom. The Morgan fingerprint density at radius 1 is 1.35 bits per heavy atom. The largest absolute Gasteiger partial charge is 0.396 e. The molecule has 0 aromatic carbocycles. The number of aromatic nitrogens is 2. The van der Waals surface area contributed by atoms with Crippen molar-refractivity contribution in [3.05, 3.63) is 11.9 Å². The quantitative estimate of drug-likeness (QED) is 0.630. The van der Waals surface area contributed by atoms with Gasteiger partial charge in [-0.3, -0.25) is 0 Å². The first-order valence-corrected chi connectivity index (χ1v) is 6.03. The van der Waals surface area contributed by atoms with Crippen molar-refractivity contribution in [2.45, 2.75) is 26.7 Å². The molecule has 0 saturated heterocycles. The lowest BCUT2D eigenvalue weighted by Gasteiger charge is -2.12. The van der Waals surface area contributed by atoms with Crippen molar-refractivity contribution in [2.75, 3.05) is 30.8 Å². The zero-order valence-electron chi connectivity index (χ0n) is 10.8. The summed E-state index contributed by atoms with van der Waals surface area (Å²) < 4.78 is 0. The molecule has 3 N–H and O–H groups in total. The molecule has 0 saturated carbocycles. The van der Waals surface area contributed by atoms with Gasteiger partial charge in [0.2, 0.25) is 0 Å². The van der Waals surface area contributed by atoms with Crippen molar-refractivity contribution in [1.29, 1.82) is 0 Å². The Bertz CT molecular complexity index is 343. The molecule has 1 atom stereocenters. The van der Waals surface area contributed by atoms with Crippen LogP contribution in [0.5, 0.6) is 0 Å². The Morgan fingerprint density at radius 2 is 2.06 bits per heavy atom. The molecule has 0 aliphatic carbocycles. The van der Waals surface area contributed by atoms with Crippen LogP contribution in [0.15, 0.2) is 6.33 Å². The second-order valence-corrected chi connectivity index (χ2v) is 4.30. The minimum absolute atomic E-state index is 0.260. The summed E-state index contributed by atoms with van der Waals surface area (Å²) in [7, 11) is 1.85.